The number of aliphatic hydroxyl groups excluding tert-OH is 1. The van der Waals surface area contributed by atoms with Gasteiger partial charge in [-0.1, -0.05) is 27.2 Å². The van der Waals surface area contributed by atoms with E-state index in [0.29, 0.717) is 5.92 Å². The maximum absolute atomic E-state index is 12.4. The van der Waals surface area contributed by atoms with Gasteiger partial charge in [0.1, 0.15) is 0 Å². The Balaban J connectivity index is 2.18. The molecule has 2 fully saturated rings. The van der Waals surface area contributed by atoms with Gasteiger partial charge in [0.25, 0.3) is 0 Å². The number of amides is 2. The summed E-state index contributed by atoms with van der Waals surface area (Å²) in [5, 5.41) is 9.41. The molecule has 1 aliphatic heterocycles. The monoisotopic (exact) mass is 253 g/mol. The van der Waals surface area contributed by atoms with Gasteiger partial charge in [-0.2, -0.15) is 0 Å². The first kappa shape index (κ1) is 13.5. The predicted octanol–water partition coefficient (Wildman–Crippen LogP) is 1.42. The molecule has 2 amide bonds. The van der Waals surface area contributed by atoms with Gasteiger partial charge < -0.3 is 5.11 Å². The zero-order valence-electron chi connectivity index (χ0n) is 11.4. The second-order valence-corrected chi connectivity index (χ2v) is 6.00. The van der Waals surface area contributed by atoms with Crippen molar-refractivity contribution in [3.8, 4) is 0 Å². The Kier molecular flexibility index (Phi) is 3.76. The highest BCUT2D eigenvalue weighted by atomic mass is 16.3. The van der Waals surface area contributed by atoms with Gasteiger partial charge in [0.2, 0.25) is 11.8 Å². The number of aliphatic hydroxyl groups is 1. The Morgan fingerprint density at radius 1 is 1.22 bits per heavy atom. The second-order valence-electron chi connectivity index (χ2n) is 6.00. The zero-order valence-corrected chi connectivity index (χ0v) is 11.4. The van der Waals surface area contributed by atoms with Gasteiger partial charge in [-0.3, -0.25) is 14.5 Å². The maximum atomic E-state index is 12.4. The van der Waals surface area contributed by atoms with Gasteiger partial charge in [0, 0.05) is 0 Å². The minimum Gasteiger partial charge on any atom is -0.394 e. The lowest BCUT2D eigenvalue weighted by Gasteiger charge is -2.29. The van der Waals surface area contributed by atoms with Crippen LogP contribution in [0, 0.1) is 23.7 Å². The maximum Gasteiger partial charge on any atom is 0.233 e. The van der Waals surface area contributed by atoms with Crippen LogP contribution in [0.1, 0.15) is 40.0 Å². The van der Waals surface area contributed by atoms with E-state index >= 15 is 0 Å². The number of likely N-dealkylation sites (tertiary alicyclic amines) is 1. The van der Waals surface area contributed by atoms with Crippen LogP contribution >= 0.6 is 0 Å². The van der Waals surface area contributed by atoms with Crippen LogP contribution in [-0.4, -0.2) is 34.5 Å². The van der Waals surface area contributed by atoms with Crippen LogP contribution in [0.3, 0.4) is 0 Å². The summed E-state index contributed by atoms with van der Waals surface area (Å²) in [6, 6.07) is -0.351. The lowest BCUT2D eigenvalue weighted by molar-refractivity contribution is -0.145. The van der Waals surface area contributed by atoms with Crippen LogP contribution in [0.25, 0.3) is 0 Å². The molecule has 3 atom stereocenters. The number of hydrogen-bond donors (Lipinski definition) is 1. The Morgan fingerprint density at radius 3 is 2.06 bits per heavy atom. The summed E-state index contributed by atoms with van der Waals surface area (Å²) < 4.78 is 0. The van der Waals surface area contributed by atoms with Gasteiger partial charge in [-0.15, -0.1) is 0 Å². The van der Waals surface area contributed by atoms with E-state index in [-0.39, 0.29) is 42.2 Å². The van der Waals surface area contributed by atoms with Crippen molar-refractivity contribution in [2.45, 2.75) is 46.1 Å². The number of imide groups is 1. The van der Waals surface area contributed by atoms with Crippen LogP contribution in [0.4, 0.5) is 0 Å². The van der Waals surface area contributed by atoms with Crippen molar-refractivity contribution in [3.63, 3.8) is 0 Å². The molecule has 0 bridgehead atoms. The molecular weight excluding hydrogens is 230 g/mol. The van der Waals surface area contributed by atoms with Crippen molar-refractivity contribution < 1.29 is 14.7 Å². The molecule has 0 spiro atoms. The topological polar surface area (TPSA) is 57.6 Å². The van der Waals surface area contributed by atoms with Crippen LogP contribution in [-0.2, 0) is 9.59 Å². The Hall–Kier alpha value is -0.900. The van der Waals surface area contributed by atoms with Crippen molar-refractivity contribution in [2.24, 2.45) is 23.7 Å². The minimum atomic E-state index is -0.351. The molecule has 0 aromatic rings. The molecule has 1 N–H and O–H groups in total. The molecule has 2 aliphatic rings. The van der Waals surface area contributed by atoms with E-state index in [0.717, 1.165) is 19.3 Å². The molecule has 1 saturated heterocycles. The number of fused-ring (bicyclic) bond motifs is 1. The number of carbonyl (C=O) groups excluding carboxylic acids is 2. The number of rotatable bonds is 4. The fourth-order valence-corrected chi connectivity index (χ4v) is 3.41. The molecule has 0 radical (unpaired) electrons. The summed E-state index contributed by atoms with van der Waals surface area (Å²) in [6.07, 6.45) is 2.73. The summed E-state index contributed by atoms with van der Waals surface area (Å²) in [5.74, 6) is 0.290. The SMILES string of the molecule is CCC1CC2C(=O)N(C(CO)C(C)C)C(=O)C2C1. The van der Waals surface area contributed by atoms with Crippen LogP contribution in [0.2, 0.25) is 0 Å². The van der Waals surface area contributed by atoms with Crippen molar-refractivity contribution in [1.29, 1.82) is 0 Å². The van der Waals surface area contributed by atoms with Gasteiger partial charge in [-0.05, 0) is 24.7 Å². The van der Waals surface area contributed by atoms with Gasteiger partial charge in [0.05, 0.1) is 24.5 Å². The normalized spacial score (nSPS) is 33.4. The summed E-state index contributed by atoms with van der Waals surface area (Å²) in [4.78, 5) is 26.1. The lowest BCUT2D eigenvalue weighted by atomic mass is 10.00. The third kappa shape index (κ3) is 1.96. The molecule has 1 heterocycles. The summed E-state index contributed by atoms with van der Waals surface area (Å²) in [7, 11) is 0. The van der Waals surface area contributed by atoms with E-state index in [1.807, 2.05) is 13.8 Å². The molecule has 0 aromatic carbocycles. The average Bonchev–Trinajstić information content (AvgIpc) is 2.85. The van der Waals surface area contributed by atoms with E-state index in [9.17, 15) is 14.7 Å². The van der Waals surface area contributed by atoms with Gasteiger partial charge in [-0.25, -0.2) is 0 Å². The minimum absolute atomic E-state index is 0.0475. The molecule has 2 rings (SSSR count). The molecule has 3 unspecified atom stereocenters. The molecule has 0 aromatic heterocycles. The highest BCUT2D eigenvalue weighted by Gasteiger charge is 2.54. The van der Waals surface area contributed by atoms with Gasteiger partial charge >= 0.3 is 0 Å². The van der Waals surface area contributed by atoms with Crippen LogP contribution < -0.4 is 0 Å². The van der Waals surface area contributed by atoms with E-state index in [1.54, 1.807) is 0 Å². The van der Waals surface area contributed by atoms with Crippen molar-refractivity contribution in [3.05, 3.63) is 0 Å². The van der Waals surface area contributed by atoms with Crippen LogP contribution in [0.5, 0.6) is 0 Å². The molecule has 18 heavy (non-hydrogen) atoms. The lowest BCUT2D eigenvalue weighted by Crippen LogP contribution is -2.46. The second kappa shape index (κ2) is 5.00. The first-order valence-corrected chi connectivity index (χ1v) is 6.99. The number of hydrogen-bond acceptors (Lipinski definition) is 3. The Bertz CT molecular complexity index is 329. The Labute approximate surface area is 108 Å². The van der Waals surface area contributed by atoms with Gasteiger partial charge in [0.15, 0.2) is 0 Å². The summed E-state index contributed by atoms with van der Waals surface area (Å²) in [6.45, 7) is 5.85. The number of nitrogens with zero attached hydrogens (tertiary/aromatic N) is 1. The van der Waals surface area contributed by atoms with E-state index in [1.165, 1.54) is 4.90 Å². The van der Waals surface area contributed by atoms with Crippen LogP contribution in [0.15, 0.2) is 0 Å². The first-order chi connectivity index (χ1) is 8.51. The summed E-state index contributed by atoms with van der Waals surface area (Å²) in [5.41, 5.74) is 0. The highest BCUT2D eigenvalue weighted by molar-refractivity contribution is 6.05. The molecule has 1 aliphatic carbocycles. The largest absolute Gasteiger partial charge is 0.394 e. The third-order valence-electron chi connectivity index (χ3n) is 4.64. The van der Waals surface area contributed by atoms with Crippen molar-refractivity contribution in [1.82, 2.24) is 4.90 Å². The quantitative estimate of drug-likeness (QED) is 0.771. The average molecular weight is 253 g/mol. The standard InChI is InChI=1S/C14H23NO3/c1-4-9-5-10-11(6-9)14(18)15(13(10)17)12(7-16)8(2)3/h8-12,16H,4-7H2,1-3H3. The van der Waals surface area contributed by atoms with E-state index in [2.05, 4.69) is 6.92 Å². The van der Waals surface area contributed by atoms with E-state index in [4.69, 9.17) is 0 Å². The molecule has 102 valence electrons. The molecule has 4 nitrogen and oxygen atoms in total. The third-order valence-corrected chi connectivity index (χ3v) is 4.64. The highest BCUT2D eigenvalue weighted by Crippen LogP contribution is 2.45. The fourth-order valence-electron chi connectivity index (χ4n) is 3.41. The van der Waals surface area contributed by atoms with Crippen molar-refractivity contribution in [2.75, 3.05) is 6.61 Å². The molecular formula is C14H23NO3. The fraction of sp³-hybridized carbons (Fsp3) is 0.857. The predicted molar refractivity (Wildman–Crippen MR) is 67.6 cm³/mol. The molecule has 1 saturated carbocycles. The smallest absolute Gasteiger partial charge is 0.233 e. The van der Waals surface area contributed by atoms with Crippen molar-refractivity contribution >= 4 is 11.8 Å². The molecule has 4 heteroatoms. The summed E-state index contributed by atoms with van der Waals surface area (Å²) >= 11 is 0. The Morgan fingerprint density at radius 2 is 1.72 bits per heavy atom. The van der Waals surface area contributed by atoms with E-state index < -0.39 is 0 Å². The number of carbonyl (C=O) groups is 2. The zero-order chi connectivity index (χ0) is 13.4. The first-order valence-electron chi connectivity index (χ1n) is 6.99.